The van der Waals surface area contributed by atoms with Gasteiger partial charge in [0.1, 0.15) is 42.4 Å². The molecule has 0 saturated carbocycles. The molecule has 1 aromatic carbocycles. The number of cyclic esters (lactones) is 1. The van der Waals surface area contributed by atoms with Gasteiger partial charge in [-0.15, -0.1) is 5.10 Å². The lowest BCUT2D eigenvalue weighted by Gasteiger charge is -2.49. The van der Waals surface area contributed by atoms with Crippen molar-refractivity contribution in [3.8, 4) is 11.1 Å². The van der Waals surface area contributed by atoms with Gasteiger partial charge in [-0.05, 0) is 71.9 Å². The van der Waals surface area contributed by atoms with Crippen molar-refractivity contribution >= 4 is 17.7 Å². The molecule has 22 heteroatoms. The number of carbonyl (C=O) groups excluding carboxylic acids is 2. The van der Waals surface area contributed by atoms with E-state index in [2.05, 4.69) is 25.6 Å². The number of anilines is 1. The normalized spacial score (nSPS) is 37.0. The van der Waals surface area contributed by atoms with E-state index in [0.717, 1.165) is 16.7 Å². The molecular weight excluding hydrogens is 990 g/mol. The molecule has 19 atom stereocenters. The number of Topliss-reactive ketones (excluding diaryl/α,β-unsaturated/α-hetero) is 1. The molecule has 6 rings (SSSR count). The van der Waals surface area contributed by atoms with E-state index >= 15 is 0 Å². The van der Waals surface area contributed by atoms with Crippen LogP contribution in [-0.2, 0) is 53.9 Å². The minimum atomic E-state index is -2.15. The smallest absolute Gasteiger partial charge is 0.311 e. The summed E-state index contributed by atoms with van der Waals surface area (Å²) in [5.41, 5.74) is 4.14. The Balaban J connectivity index is 1.23. The Morgan fingerprint density at radius 2 is 1.58 bits per heavy atom. The van der Waals surface area contributed by atoms with Crippen LogP contribution in [0.15, 0.2) is 42.9 Å². The highest BCUT2D eigenvalue weighted by atomic mass is 19.1. The number of nitrogens with two attached hydrogens (primary N) is 1. The molecule has 3 fully saturated rings. The summed E-state index contributed by atoms with van der Waals surface area (Å²) < 4.78 is 67.1. The predicted octanol–water partition coefficient (Wildman–Crippen LogP) is 4.24. The predicted molar refractivity (Wildman–Crippen MR) is 276 cm³/mol. The van der Waals surface area contributed by atoms with Crippen LogP contribution in [0.25, 0.3) is 11.1 Å². The first-order valence-electron chi connectivity index (χ1n) is 26.5. The van der Waals surface area contributed by atoms with Crippen molar-refractivity contribution in [2.75, 3.05) is 46.9 Å². The van der Waals surface area contributed by atoms with Crippen molar-refractivity contribution < 1.29 is 72.3 Å². The van der Waals surface area contributed by atoms with Crippen molar-refractivity contribution in [1.29, 1.82) is 0 Å². The van der Waals surface area contributed by atoms with E-state index in [0.29, 0.717) is 31.5 Å². The molecule has 3 aliphatic rings. The summed E-state index contributed by atoms with van der Waals surface area (Å²) in [6.45, 7) is 14.3. The van der Waals surface area contributed by atoms with E-state index in [1.807, 2.05) is 38.1 Å². The Labute approximate surface area is 446 Å². The second kappa shape index (κ2) is 26.2. The van der Waals surface area contributed by atoms with E-state index in [1.54, 1.807) is 60.1 Å². The molecule has 0 amide bonds. The van der Waals surface area contributed by atoms with Crippen LogP contribution in [0.1, 0.15) is 118 Å². The van der Waals surface area contributed by atoms with Crippen LogP contribution in [0.2, 0.25) is 0 Å². The van der Waals surface area contributed by atoms with Gasteiger partial charge >= 0.3 is 5.97 Å². The first kappa shape index (κ1) is 61.0. The van der Waals surface area contributed by atoms with Gasteiger partial charge in [0, 0.05) is 89.2 Å². The second-order valence-corrected chi connectivity index (χ2v) is 21.8. The standard InChI is InChI=1S/C54H84FN7O14/c1-13-41-54(9,68)48(66)39(28-63)44(64)29(2)22-53(8,71-12)49(31(4)45(32(5)50(67)74-41)75-43-23-52(7,70-11)47(65)33(6)73-43)76-42-21-38(20-30(3)72-42)57-19-18-37-27-62(61-60-37)40(24-55)46(69-10)35-16-14-34(15-17-35)36-25-58-51(56)59-26-36/h14-17,25-27,29-33,38-43,45-49,57,63,65-66,68H,13,18-24,28H2,1-12H3,(H2,56,58,59)/t29-,30-,31+,32-,33+,38+,39+,40-,41-,42+,43+,45+,46-,47+,48-,49-,52-,53-,54-/m1/s1. The number of halogens is 1. The van der Waals surface area contributed by atoms with E-state index in [-0.39, 0.29) is 37.4 Å². The Bertz CT molecular complexity index is 2320. The Hall–Kier alpha value is -4.17. The molecule has 0 bridgehead atoms. The third-order valence-corrected chi connectivity index (χ3v) is 16.2. The Morgan fingerprint density at radius 3 is 2.18 bits per heavy atom. The van der Waals surface area contributed by atoms with Gasteiger partial charge in [-0.1, -0.05) is 50.3 Å². The molecule has 76 heavy (non-hydrogen) atoms. The number of aromatic nitrogens is 5. The molecule has 7 N–H and O–H groups in total. The highest BCUT2D eigenvalue weighted by Gasteiger charge is 2.54. The topological polar surface area (TPSA) is 283 Å². The molecule has 3 saturated heterocycles. The number of hydrogen-bond acceptors (Lipinski definition) is 20. The highest BCUT2D eigenvalue weighted by Crippen LogP contribution is 2.42. The van der Waals surface area contributed by atoms with Gasteiger partial charge in [-0.3, -0.25) is 9.59 Å². The average Bonchev–Trinajstić information content (AvgIpc) is 3.87. The highest BCUT2D eigenvalue weighted by molar-refractivity contribution is 5.84. The molecular formula is C54H84FN7O14. The van der Waals surface area contributed by atoms with E-state index in [4.69, 9.17) is 43.6 Å². The lowest BCUT2D eigenvalue weighted by atomic mass is 9.73. The van der Waals surface area contributed by atoms with Crippen molar-refractivity contribution in [1.82, 2.24) is 30.3 Å². The van der Waals surface area contributed by atoms with Crippen molar-refractivity contribution in [3.63, 3.8) is 0 Å². The van der Waals surface area contributed by atoms with Crippen molar-refractivity contribution in [2.24, 2.45) is 23.7 Å². The summed E-state index contributed by atoms with van der Waals surface area (Å²) in [7, 11) is 4.52. The maximum Gasteiger partial charge on any atom is 0.311 e. The third-order valence-electron chi connectivity index (χ3n) is 16.2. The van der Waals surface area contributed by atoms with Crippen LogP contribution in [0.3, 0.4) is 0 Å². The van der Waals surface area contributed by atoms with Gasteiger partial charge in [0.15, 0.2) is 12.6 Å². The molecule has 0 aliphatic carbocycles. The van der Waals surface area contributed by atoms with E-state index in [1.165, 1.54) is 32.9 Å². The van der Waals surface area contributed by atoms with Gasteiger partial charge in [-0.2, -0.15) is 0 Å². The number of methoxy groups -OCH3 is 3. The lowest BCUT2D eigenvalue weighted by Crippen LogP contribution is -2.60. The molecule has 426 valence electrons. The van der Waals surface area contributed by atoms with Gasteiger partial charge < -0.3 is 69.4 Å². The van der Waals surface area contributed by atoms with Gasteiger partial charge in [0.25, 0.3) is 0 Å². The van der Waals surface area contributed by atoms with E-state index < -0.39 is 127 Å². The van der Waals surface area contributed by atoms with Crippen LogP contribution < -0.4 is 11.1 Å². The summed E-state index contributed by atoms with van der Waals surface area (Å²) >= 11 is 0. The number of ether oxygens (including phenoxy) is 8. The molecule has 21 nitrogen and oxygen atoms in total. The number of rotatable bonds is 18. The Kier molecular flexibility index (Phi) is 21.0. The second-order valence-electron chi connectivity index (χ2n) is 21.8. The average molecular weight is 1070 g/mol. The summed E-state index contributed by atoms with van der Waals surface area (Å²) in [4.78, 5) is 36.9. The monoisotopic (exact) mass is 1070 g/mol. The number of carbonyl (C=O) groups is 2. The number of ketones is 1. The van der Waals surface area contributed by atoms with Crippen LogP contribution >= 0.6 is 0 Å². The zero-order chi connectivity index (χ0) is 55.9. The first-order valence-corrected chi connectivity index (χ1v) is 26.5. The van der Waals surface area contributed by atoms with Crippen LogP contribution in [0.5, 0.6) is 0 Å². The van der Waals surface area contributed by atoms with Crippen LogP contribution in [-0.4, -0.2) is 176 Å². The molecule has 5 heterocycles. The van der Waals surface area contributed by atoms with Crippen LogP contribution in [0.4, 0.5) is 10.3 Å². The van der Waals surface area contributed by atoms with Crippen molar-refractivity contribution in [2.45, 2.75) is 191 Å². The number of aliphatic hydroxyl groups excluding tert-OH is 3. The molecule has 0 radical (unpaired) electrons. The minimum absolute atomic E-state index is 0.0159. The fourth-order valence-electron chi connectivity index (χ4n) is 11.5. The third kappa shape index (κ3) is 13.8. The number of hydrogen-bond donors (Lipinski definition) is 6. The SMILES string of the molecule is CC[C@H]1OC(=O)[C@H](C)[C@@H](O[C@H]2C[C@@](C)(OC)[C@@H](O)[C@H](C)O2)[C@H](C)[C@@H](O[C@H]2C[C@@H](NCCc3cn([C@H](CF)[C@H](OC)c4ccc(-c5cnc(N)nc5)cc4)nn3)C[C@@H](C)O2)[C@](C)(OC)C[C@@H](C)C(=O)[C@H](CO)[C@@H](O)[C@]1(C)O. The van der Waals surface area contributed by atoms with Gasteiger partial charge in [-0.25, -0.2) is 19.0 Å². The largest absolute Gasteiger partial charge is 0.459 e. The van der Waals surface area contributed by atoms with Gasteiger partial charge in [0.2, 0.25) is 5.95 Å². The molecule has 2 aromatic heterocycles. The molecule has 3 aromatic rings. The number of nitrogen functional groups attached to an aromatic ring is 1. The lowest BCUT2D eigenvalue weighted by molar-refractivity contribution is -0.309. The quantitative estimate of drug-likeness (QED) is 0.0972. The zero-order valence-corrected chi connectivity index (χ0v) is 46.2. The summed E-state index contributed by atoms with van der Waals surface area (Å²) in [5, 5.41) is 57.5. The minimum Gasteiger partial charge on any atom is -0.459 e. The van der Waals surface area contributed by atoms with Crippen LogP contribution in [0, 0.1) is 23.7 Å². The number of alkyl halides is 1. The maximum atomic E-state index is 14.9. The number of benzene rings is 1. The molecule has 3 aliphatic heterocycles. The number of esters is 1. The molecule has 0 unspecified atom stereocenters. The summed E-state index contributed by atoms with van der Waals surface area (Å²) in [6.07, 6.45) is -3.00. The fourth-order valence-corrected chi connectivity index (χ4v) is 11.5. The molecule has 0 spiro atoms. The first-order chi connectivity index (χ1) is 36.0. The van der Waals surface area contributed by atoms with Crippen molar-refractivity contribution in [3.05, 3.63) is 54.1 Å². The number of nitrogens with one attached hydrogen (secondary N) is 1. The zero-order valence-electron chi connectivity index (χ0n) is 46.2. The van der Waals surface area contributed by atoms with Gasteiger partial charge in [0.05, 0.1) is 65.9 Å². The fraction of sp³-hybridized carbons (Fsp3) is 0.741. The Morgan fingerprint density at radius 1 is 0.908 bits per heavy atom. The maximum absolute atomic E-state index is 14.9. The summed E-state index contributed by atoms with van der Waals surface area (Å²) in [5.74, 6) is -5.24. The number of aliphatic hydroxyl groups is 4. The summed E-state index contributed by atoms with van der Waals surface area (Å²) in [6, 6.07) is 6.59. The number of nitrogens with zero attached hydrogens (tertiary/aromatic N) is 5. The van der Waals surface area contributed by atoms with E-state index in [9.17, 15) is 34.4 Å².